The van der Waals surface area contributed by atoms with E-state index in [0.717, 1.165) is 0 Å². The molecular formula is C26H30ClN3O8. The number of Topliss-reactive ketones (excluding diaryl/α,β-unsaturated/α-hetero) is 4. The number of ketones is 4. The fourth-order valence-electron chi connectivity index (χ4n) is 6.82. The summed E-state index contributed by atoms with van der Waals surface area (Å²) in [5.41, 5.74) is 3.52. The molecule has 38 heavy (non-hydrogen) atoms. The number of ether oxygens (including phenoxy) is 1. The van der Waals surface area contributed by atoms with Crippen LogP contribution in [0.15, 0.2) is 6.07 Å². The maximum absolute atomic E-state index is 13.8. The molecule has 5 rings (SSSR count). The Kier molecular flexibility index (Phi) is 6.72. The number of halogens is 1. The van der Waals surface area contributed by atoms with Crippen molar-refractivity contribution in [3.05, 3.63) is 27.8 Å². The number of fused-ring (bicyclic) bond motifs is 3. The van der Waals surface area contributed by atoms with Gasteiger partial charge in [0.25, 0.3) is 0 Å². The lowest BCUT2D eigenvalue weighted by molar-refractivity contribution is -0.181. The molecule has 12 heteroatoms. The molecule has 1 aromatic carbocycles. The van der Waals surface area contributed by atoms with Crippen LogP contribution in [0.25, 0.3) is 0 Å². The monoisotopic (exact) mass is 547 g/mol. The third-order valence-electron chi connectivity index (χ3n) is 8.57. The highest BCUT2D eigenvalue weighted by Crippen LogP contribution is 2.51. The van der Waals surface area contributed by atoms with Gasteiger partial charge < -0.3 is 20.7 Å². The Balaban J connectivity index is 1.57. The maximum atomic E-state index is 13.8. The normalized spacial score (nSPS) is 33.7. The van der Waals surface area contributed by atoms with E-state index in [0.29, 0.717) is 49.0 Å². The summed E-state index contributed by atoms with van der Waals surface area (Å²) >= 11 is 6.77. The van der Waals surface area contributed by atoms with Crippen LogP contribution in [0.5, 0.6) is 5.75 Å². The number of carbonyl (C=O) groups excluding carboxylic acids is 5. The van der Waals surface area contributed by atoms with Crippen LogP contribution in [0.2, 0.25) is 5.02 Å². The van der Waals surface area contributed by atoms with Gasteiger partial charge in [-0.25, -0.2) is 0 Å². The third-order valence-corrected chi connectivity index (χ3v) is 9.04. The first-order valence-electron chi connectivity index (χ1n) is 12.6. The highest BCUT2D eigenvalue weighted by Gasteiger charge is 2.69. The van der Waals surface area contributed by atoms with Crippen molar-refractivity contribution in [3.63, 3.8) is 0 Å². The fourth-order valence-corrected chi connectivity index (χ4v) is 7.11. The van der Waals surface area contributed by atoms with E-state index in [-0.39, 0.29) is 24.2 Å². The van der Waals surface area contributed by atoms with Crippen molar-refractivity contribution < 1.29 is 38.9 Å². The van der Waals surface area contributed by atoms with Gasteiger partial charge in [-0.15, -0.1) is 0 Å². The van der Waals surface area contributed by atoms with Crippen LogP contribution in [-0.2, 0) is 36.9 Å². The van der Waals surface area contributed by atoms with Crippen LogP contribution < -0.4 is 5.73 Å². The summed E-state index contributed by atoms with van der Waals surface area (Å²) in [7, 11) is 3.09. The summed E-state index contributed by atoms with van der Waals surface area (Å²) in [6, 6.07) is 0.267. The van der Waals surface area contributed by atoms with E-state index in [2.05, 4.69) is 4.90 Å². The van der Waals surface area contributed by atoms with E-state index in [9.17, 15) is 34.2 Å². The summed E-state index contributed by atoms with van der Waals surface area (Å²) < 4.78 is 5.38. The van der Waals surface area contributed by atoms with Gasteiger partial charge in [0.1, 0.15) is 5.75 Å². The lowest BCUT2D eigenvalue weighted by Gasteiger charge is -2.52. The summed E-state index contributed by atoms with van der Waals surface area (Å²) in [6.07, 6.45) is 0.115. The largest absolute Gasteiger partial charge is 0.507 e. The smallest absolute Gasteiger partial charge is 0.235 e. The van der Waals surface area contributed by atoms with E-state index in [1.165, 1.54) is 11.0 Å². The number of likely N-dealkylation sites (N-methyl/N-ethyl adjacent to an activating group) is 1. The molecule has 3 aliphatic carbocycles. The van der Waals surface area contributed by atoms with Crippen LogP contribution in [-0.4, -0.2) is 101 Å². The van der Waals surface area contributed by atoms with E-state index in [1.807, 2.05) is 0 Å². The molecule has 1 amide bonds. The second-order valence-electron chi connectivity index (χ2n) is 10.9. The van der Waals surface area contributed by atoms with Gasteiger partial charge in [-0.05, 0) is 50.0 Å². The van der Waals surface area contributed by atoms with Gasteiger partial charge in [0.15, 0.2) is 34.7 Å². The first-order chi connectivity index (χ1) is 17.9. The number of hydrogen-bond donors (Lipinski definition) is 3. The predicted molar refractivity (Wildman–Crippen MR) is 132 cm³/mol. The molecule has 0 spiro atoms. The molecule has 6 atom stereocenters. The number of morpholine rings is 1. The average Bonchev–Trinajstić information content (AvgIpc) is 2.84. The van der Waals surface area contributed by atoms with Gasteiger partial charge in [-0.1, -0.05) is 11.6 Å². The van der Waals surface area contributed by atoms with Gasteiger partial charge in [0.05, 0.1) is 30.7 Å². The number of rotatable bonds is 4. The summed E-state index contributed by atoms with van der Waals surface area (Å²) in [4.78, 5) is 69.6. The number of amides is 1. The Labute approximate surface area is 223 Å². The number of aliphatic hydroxyl groups is 1. The zero-order chi connectivity index (χ0) is 27.7. The van der Waals surface area contributed by atoms with Gasteiger partial charge in [0.2, 0.25) is 5.91 Å². The lowest BCUT2D eigenvalue weighted by Crippen LogP contribution is -2.74. The lowest BCUT2D eigenvalue weighted by atomic mass is 9.52. The number of nitrogens with zero attached hydrogens (tertiary/aromatic N) is 2. The Bertz CT molecular complexity index is 1260. The topological polar surface area (TPSA) is 168 Å². The van der Waals surface area contributed by atoms with Crippen molar-refractivity contribution in [2.75, 3.05) is 40.4 Å². The van der Waals surface area contributed by atoms with E-state index in [4.69, 9.17) is 22.1 Å². The van der Waals surface area contributed by atoms with Crippen molar-refractivity contribution in [2.24, 2.45) is 29.4 Å². The first kappa shape index (κ1) is 26.9. The second-order valence-corrected chi connectivity index (χ2v) is 11.3. The quantitative estimate of drug-likeness (QED) is 0.412. The molecule has 0 aromatic heterocycles. The number of carbonyl (C=O) groups is 5. The fraction of sp³-hybridized carbons (Fsp3) is 0.577. The standard InChI is InChI=1S/C26H30ClN3O8/c1-29(2)20-14-8-11-7-13-17(15(31)9-12(19(13)27)10-30-3-5-38-6-4-30)21(32)16(11)23(34)26(14,37)24(35)18(22(20)33)25(28)36/h9,11,14,16,18,20,31,37H,3-8,10H2,1-2H3,(H2,28,36)/t11-,14-,16?,18?,20-,26-/m0/s1. The van der Waals surface area contributed by atoms with Crippen molar-refractivity contribution in [2.45, 2.75) is 31.0 Å². The molecule has 1 heterocycles. The molecule has 3 fully saturated rings. The molecule has 1 aromatic rings. The van der Waals surface area contributed by atoms with Crippen molar-refractivity contribution >= 4 is 40.6 Å². The second kappa shape index (κ2) is 9.49. The minimum Gasteiger partial charge on any atom is -0.507 e. The van der Waals surface area contributed by atoms with E-state index < -0.39 is 64.4 Å². The molecule has 1 aliphatic heterocycles. The van der Waals surface area contributed by atoms with Gasteiger partial charge >= 0.3 is 0 Å². The minimum absolute atomic E-state index is 0.0192. The van der Waals surface area contributed by atoms with E-state index in [1.54, 1.807) is 14.1 Å². The van der Waals surface area contributed by atoms with Crippen LogP contribution in [0.3, 0.4) is 0 Å². The summed E-state index contributed by atoms with van der Waals surface area (Å²) in [5.74, 6) is -10.8. The molecule has 4 N–H and O–H groups in total. The summed E-state index contributed by atoms with van der Waals surface area (Å²) in [5, 5.41) is 22.8. The Hall–Kier alpha value is -2.70. The molecule has 11 nitrogen and oxygen atoms in total. The number of benzene rings is 1. The molecular weight excluding hydrogens is 518 g/mol. The molecule has 2 unspecified atom stereocenters. The number of aromatic hydroxyl groups is 1. The highest BCUT2D eigenvalue weighted by atomic mass is 35.5. The maximum Gasteiger partial charge on any atom is 0.235 e. The number of phenols is 1. The summed E-state index contributed by atoms with van der Waals surface area (Å²) in [6.45, 7) is 2.96. The molecule has 2 saturated carbocycles. The molecule has 1 saturated heterocycles. The third kappa shape index (κ3) is 3.83. The van der Waals surface area contributed by atoms with Crippen LogP contribution >= 0.6 is 11.6 Å². The Morgan fingerprint density at radius 1 is 1.21 bits per heavy atom. The number of phenolic OH excluding ortho intramolecular Hbond substituents is 1. The number of nitrogens with two attached hydrogens (primary N) is 1. The van der Waals surface area contributed by atoms with Gasteiger partial charge in [0, 0.05) is 30.6 Å². The van der Waals surface area contributed by atoms with Gasteiger partial charge in [-0.3, -0.25) is 33.8 Å². The highest BCUT2D eigenvalue weighted by molar-refractivity contribution is 6.34. The number of hydrogen-bond acceptors (Lipinski definition) is 10. The molecule has 204 valence electrons. The van der Waals surface area contributed by atoms with E-state index >= 15 is 0 Å². The van der Waals surface area contributed by atoms with Crippen molar-refractivity contribution in [1.82, 2.24) is 9.80 Å². The predicted octanol–water partition coefficient (Wildman–Crippen LogP) is -0.647. The van der Waals surface area contributed by atoms with Gasteiger partial charge in [-0.2, -0.15) is 0 Å². The Morgan fingerprint density at radius 3 is 2.47 bits per heavy atom. The molecule has 0 radical (unpaired) electrons. The minimum atomic E-state index is -2.74. The van der Waals surface area contributed by atoms with Crippen LogP contribution in [0.4, 0.5) is 0 Å². The van der Waals surface area contributed by atoms with Crippen molar-refractivity contribution in [3.8, 4) is 5.75 Å². The molecule has 4 aliphatic rings. The SMILES string of the molecule is CN(C)[C@@H]1C(=O)C(C(N)=O)C(=O)[C@@]2(O)C(=O)C3C(=O)c4c(O)cc(CN5CCOCC5)c(Cl)c4C[C@H]3C[C@@H]12. The van der Waals surface area contributed by atoms with Crippen LogP contribution in [0.1, 0.15) is 27.9 Å². The Morgan fingerprint density at radius 2 is 1.87 bits per heavy atom. The first-order valence-corrected chi connectivity index (χ1v) is 12.9. The van der Waals surface area contributed by atoms with Crippen LogP contribution in [0, 0.1) is 23.7 Å². The zero-order valence-corrected chi connectivity index (χ0v) is 21.9. The number of primary amides is 1. The zero-order valence-electron chi connectivity index (χ0n) is 21.1. The average molecular weight is 548 g/mol. The molecule has 0 bridgehead atoms. The van der Waals surface area contributed by atoms with Crippen molar-refractivity contribution in [1.29, 1.82) is 0 Å².